The van der Waals surface area contributed by atoms with Crippen LogP contribution in [-0.2, 0) is 22.6 Å². The van der Waals surface area contributed by atoms with Crippen LogP contribution in [0.4, 0.5) is 0 Å². The van der Waals surface area contributed by atoms with Crippen LogP contribution in [0.2, 0.25) is 0 Å². The van der Waals surface area contributed by atoms with E-state index >= 15 is 0 Å². The Bertz CT molecular complexity index is 587. The number of nitrogens with zero attached hydrogens (tertiary/aromatic N) is 2. The number of thiazole rings is 1. The first-order valence-electron chi connectivity index (χ1n) is 8.24. The van der Waals surface area contributed by atoms with E-state index in [2.05, 4.69) is 9.88 Å². The lowest BCUT2D eigenvalue weighted by atomic mass is 10.0. The van der Waals surface area contributed by atoms with Gasteiger partial charge in [-0.1, -0.05) is 0 Å². The quantitative estimate of drug-likeness (QED) is 0.813. The minimum Gasteiger partial charge on any atom is -0.468 e. The van der Waals surface area contributed by atoms with Crippen molar-refractivity contribution in [1.82, 2.24) is 9.88 Å². The lowest BCUT2D eigenvalue weighted by Crippen LogP contribution is -2.50. The summed E-state index contributed by atoms with van der Waals surface area (Å²) in [5.74, 6) is 1.52. The number of hydrogen-bond acceptors (Lipinski definition) is 6. The van der Waals surface area contributed by atoms with Gasteiger partial charge in [-0.2, -0.15) is 0 Å². The first-order valence-corrected chi connectivity index (χ1v) is 9.12. The molecule has 0 bridgehead atoms. The molecule has 0 radical (unpaired) electrons. The molecule has 23 heavy (non-hydrogen) atoms. The molecule has 2 aromatic rings. The molecular formula is C17H22N2O3S. The molecule has 1 aliphatic carbocycles. The molecule has 0 aromatic carbocycles. The Balaban J connectivity index is 1.31. The topological polar surface area (TPSA) is 47.7 Å². The van der Waals surface area contributed by atoms with Gasteiger partial charge in [0.25, 0.3) is 0 Å². The molecule has 0 amide bonds. The third kappa shape index (κ3) is 3.50. The molecule has 1 saturated carbocycles. The molecule has 1 saturated heterocycles. The lowest BCUT2D eigenvalue weighted by Gasteiger charge is -2.38. The fourth-order valence-electron chi connectivity index (χ4n) is 3.74. The second kappa shape index (κ2) is 7.13. The van der Waals surface area contributed by atoms with Gasteiger partial charge in [0, 0.05) is 30.1 Å². The van der Waals surface area contributed by atoms with Crippen LogP contribution in [0.3, 0.4) is 0 Å². The van der Waals surface area contributed by atoms with Crippen LogP contribution in [0.1, 0.15) is 23.6 Å². The number of hydrogen-bond donors (Lipinski definition) is 0. The number of rotatable bonds is 6. The number of ether oxygens (including phenoxy) is 2. The van der Waals surface area contributed by atoms with Gasteiger partial charge in [0.05, 0.1) is 38.7 Å². The van der Waals surface area contributed by atoms with Gasteiger partial charge < -0.3 is 13.9 Å². The number of morpholine rings is 1. The average molecular weight is 334 g/mol. The Morgan fingerprint density at radius 1 is 1.39 bits per heavy atom. The van der Waals surface area contributed by atoms with E-state index in [0.717, 1.165) is 37.1 Å². The zero-order chi connectivity index (χ0) is 15.5. The van der Waals surface area contributed by atoms with Crippen LogP contribution in [0.5, 0.6) is 0 Å². The Labute approximate surface area is 140 Å². The highest BCUT2D eigenvalue weighted by Crippen LogP contribution is 2.35. The second-order valence-electron chi connectivity index (χ2n) is 6.23. The van der Waals surface area contributed by atoms with E-state index in [-0.39, 0.29) is 6.10 Å². The van der Waals surface area contributed by atoms with Crippen molar-refractivity contribution >= 4 is 11.3 Å². The van der Waals surface area contributed by atoms with E-state index in [1.807, 2.05) is 23.7 Å². The summed E-state index contributed by atoms with van der Waals surface area (Å²) in [4.78, 5) is 6.77. The fourth-order valence-corrected chi connectivity index (χ4v) is 4.29. The highest BCUT2D eigenvalue weighted by molar-refractivity contribution is 7.09. The fraction of sp³-hybridized carbons (Fsp3) is 0.588. The summed E-state index contributed by atoms with van der Waals surface area (Å²) in [7, 11) is 0. The van der Waals surface area contributed by atoms with Crippen molar-refractivity contribution in [2.45, 2.75) is 38.1 Å². The molecule has 2 fully saturated rings. The molecule has 3 heterocycles. The first kappa shape index (κ1) is 15.3. The maximum absolute atomic E-state index is 6.09. The highest BCUT2D eigenvalue weighted by atomic mass is 32.1. The monoisotopic (exact) mass is 334 g/mol. The van der Waals surface area contributed by atoms with Gasteiger partial charge >= 0.3 is 0 Å². The van der Waals surface area contributed by atoms with Crippen LogP contribution in [0.25, 0.3) is 0 Å². The molecule has 0 spiro atoms. The van der Waals surface area contributed by atoms with Crippen molar-refractivity contribution in [2.75, 3.05) is 19.8 Å². The van der Waals surface area contributed by atoms with Gasteiger partial charge in [0.1, 0.15) is 10.8 Å². The van der Waals surface area contributed by atoms with Crippen molar-refractivity contribution in [1.29, 1.82) is 0 Å². The summed E-state index contributed by atoms with van der Waals surface area (Å²) in [6.07, 6.45) is 6.21. The molecule has 124 valence electrons. The van der Waals surface area contributed by atoms with Crippen LogP contribution in [0.15, 0.2) is 34.4 Å². The predicted octanol–water partition coefficient (Wildman–Crippen LogP) is 2.93. The number of aromatic nitrogens is 1. The summed E-state index contributed by atoms with van der Waals surface area (Å²) in [6.45, 7) is 4.03. The van der Waals surface area contributed by atoms with Crippen LogP contribution in [0, 0.1) is 5.92 Å². The molecule has 3 atom stereocenters. The summed E-state index contributed by atoms with van der Waals surface area (Å²) >= 11 is 1.64. The molecule has 0 N–H and O–H groups in total. The summed E-state index contributed by atoms with van der Waals surface area (Å²) in [6, 6.07) is 4.49. The smallest absolute Gasteiger partial charge is 0.118 e. The minimum atomic E-state index is 0.287. The molecule has 2 aromatic heterocycles. The van der Waals surface area contributed by atoms with Gasteiger partial charge in [0.15, 0.2) is 0 Å². The molecule has 5 nitrogen and oxygen atoms in total. The van der Waals surface area contributed by atoms with Gasteiger partial charge in [0.2, 0.25) is 0 Å². The first-order chi connectivity index (χ1) is 11.4. The maximum atomic E-state index is 6.09. The van der Waals surface area contributed by atoms with Gasteiger partial charge in [-0.05, 0) is 25.0 Å². The Morgan fingerprint density at radius 3 is 3.22 bits per heavy atom. The van der Waals surface area contributed by atoms with E-state index in [9.17, 15) is 0 Å². The van der Waals surface area contributed by atoms with Crippen molar-refractivity contribution in [3.63, 3.8) is 0 Å². The maximum Gasteiger partial charge on any atom is 0.118 e. The molecular weight excluding hydrogens is 312 g/mol. The SMILES string of the molecule is c1coc(CN2CCO[C@@H]3[C@H](COCc4nccs4)CC[C@H]32)c1. The number of fused-ring (bicyclic) bond motifs is 1. The highest BCUT2D eigenvalue weighted by Gasteiger charge is 2.42. The minimum absolute atomic E-state index is 0.287. The summed E-state index contributed by atoms with van der Waals surface area (Å²) in [5.41, 5.74) is 0. The van der Waals surface area contributed by atoms with Crippen LogP contribution >= 0.6 is 11.3 Å². The van der Waals surface area contributed by atoms with Gasteiger partial charge in [-0.25, -0.2) is 4.98 Å². The molecule has 2 aliphatic rings. The van der Waals surface area contributed by atoms with Crippen molar-refractivity contribution in [3.8, 4) is 0 Å². The van der Waals surface area contributed by atoms with Crippen molar-refractivity contribution in [2.24, 2.45) is 5.92 Å². The Hall–Kier alpha value is -1.21. The van der Waals surface area contributed by atoms with E-state index < -0.39 is 0 Å². The third-order valence-corrected chi connectivity index (χ3v) is 5.57. The second-order valence-corrected chi connectivity index (χ2v) is 7.21. The van der Waals surface area contributed by atoms with E-state index in [0.29, 0.717) is 18.6 Å². The van der Waals surface area contributed by atoms with E-state index in [1.54, 1.807) is 17.6 Å². The van der Waals surface area contributed by atoms with E-state index in [4.69, 9.17) is 13.9 Å². The van der Waals surface area contributed by atoms with E-state index in [1.165, 1.54) is 12.8 Å². The largest absolute Gasteiger partial charge is 0.468 e. The normalized spacial score (nSPS) is 28.1. The van der Waals surface area contributed by atoms with Crippen LogP contribution in [-0.4, -0.2) is 41.8 Å². The third-order valence-electron chi connectivity index (χ3n) is 4.81. The predicted molar refractivity (Wildman–Crippen MR) is 87.1 cm³/mol. The molecule has 1 aliphatic heterocycles. The number of furan rings is 1. The summed E-state index contributed by atoms with van der Waals surface area (Å²) in [5, 5.41) is 3.03. The van der Waals surface area contributed by atoms with Gasteiger partial charge in [-0.15, -0.1) is 11.3 Å². The van der Waals surface area contributed by atoms with Crippen molar-refractivity contribution < 1.29 is 13.9 Å². The molecule has 6 heteroatoms. The van der Waals surface area contributed by atoms with Gasteiger partial charge in [-0.3, -0.25) is 4.90 Å². The molecule has 4 rings (SSSR count). The molecule has 0 unspecified atom stereocenters. The summed E-state index contributed by atoms with van der Waals surface area (Å²) < 4.78 is 17.5. The van der Waals surface area contributed by atoms with Crippen LogP contribution < -0.4 is 0 Å². The zero-order valence-corrected chi connectivity index (χ0v) is 13.9. The Morgan fingerprint density at radius 2 is 2.39 bits per heavy atom. The average Bonchev–Trinajstić information content (AvgIpc) is 3.30. The standard InChI is InChI=1S/C17H22N2O3S/c1-2-14(21-7-1)10-19-6-8-22-17-13(3-4-15(17)19)11-20-12-16-18-5-9-23-16/h1-2,5,7,9,13,15,17H,3-4,6,8,10-12H2/t13-,15+,17+/m0/s1. The lowest BCUT2D eigenvalue weighted by molar-refractivity contribution is -0.0904. The Kier molecular flexibility index (Phi) is 4.75. The van der Waals surface area contributed by atoms with Crippen molar-refractivity contribution in [3.05, 3.63) is 40.7 Å². The zero-order valence-electron chi connectivity index (χ0n) is 13.1.